The van der Waals surface area contributed by atoms with Crippen LogP contribution in [0.1, 0.15) is 43.7 Å². The lowest BCUT2D eigenvalue weighted by Gasteiger charge is -2.41. The third kappa shape index (κ3) is 3.53. The zero-order valence-electron chi connectivity index (χ0n) is 12.8. The molecule has 3 rings (SSSR count). The Hall–Kier alpha value is -0.100. The van der Waals surface area contributed by atoms with Crippen molar-refractivity contribution in [1.29, 1.82) is 0 Å². The van der Waals surface area contributed by atoms with Crippen molar-refractivity contribution in [3.8, 4) is 5.75 Å². The van der Waals surface area contributed by atoms with Crippen LogP contribution in [0.3, 0.4) is 0 Å². The fourth-order valence-corrected chi connectivity index (χ4v) is 4.87. The average molecular weight is 432 g/mol. The molecule has 0 spiro atoms. The molecule has 1 aromatic rings. The van der Waals surface area contributed by atoms with E-state index in [-0.39, 0.29) is 0 Å². The number of aromatic hydroxyl groups is 1. The van der Waals surface area contributed by atoms with Crippen LogP contribution in [-0.4, -0.2) is 36.2 Å². The number of nitrogens with zero attached hydrogens (tertiary/aromatic N) is 1. The van der Waals surface area contributed by atoms with Crippen LogP contribution in [0.25, 0.3) is 0 Å². The first-order chi connectivity index (χ1) is 10.7. The van der Waals surface area contributed by atoms with E-state index in [4.69, 9.17) is 0 Å². The summed E-state index contributed by atoms with van der Waals surface area (Å²) in [4.78, 5) is 2.57. The minimum Gasteiger partial charge on any atom is -0.506 e. The Labute approximate surface area is 149 Å². The van der Waals surface area contributed by atoms with E-state index in [1.807, 2.05) is 6.07 Å². The second-order valence-corrected chi connectivity index (χ2v) is 8.13. The van der Waals surface area contributed by atoms with Crippen LogP contribution in [0.15, 0.2) is 21.1 Å². The van der Waals surface area contributed by atoms with E-state index in [9.17, 15) is 5.11 Å². The highest BCUT2D eigenvalue weighted by atomic mass is 79.9. The first-order valence-electron chi connectivity index (χ1n) is 8.30. The SMILES string of the molecule is Oc1c(Br)ccc(Br)c1[C@H](C1CCCCC1)N1CCNCC1. The molecule has 1 saturated carbocycles. The molecule has 0 bridgehead atoms. The van der Waals surface area contributed by atoms with Crippen LogP contribution in [0, 0.1) is 5.92 Å². The third-order valence-corrected chi connectivity index (χ3v) is 6.38. The van der Waals surface area contributed by atoms with Gasteiger partial charge in [0.1, 0.15) is 5.75 Å². The van der Waals surface area contributed by atoms with E-state index in [0.717, 1.165) is 40.7 Å². The second kappa shape index (κ2) is 7.65. The quantitative estimate of drug-likeness (QED) is 0.742. The van der Waals surface area contributed by atoms with Crippen molar-refractivity contribution >= 4 is 31.9 Å². The molecule has 1 aliphatic carbocycles. The van der Waals surface area contributed by atoms with Crippen LogP contribution in [-0.2, 0) is 0 Å². The van der Waals surface area contributed by atoms with Gasteiger partial charge in [0.25, 0.3) is 0 Å². The smallest absolute Gasteiger partial charge is 0.135 e. The van der Waals surface area contributed by atoms with Crippen molar-refractivity contribution in [2.75, 3.05) is 26.2 Å². The highest BCUT2D eigenvalue weighted by Crippen LogP contribution is 2.46. The number of piperazine rings is 1. The minimum atomic E-state index is 0.314. The van der Waals surface area contributed by atoms with Gasteiger partial charge in [-0.25, -0.2) is 0 Å². The minimum absolute atomic E-state index is 0.314. The Balaban J connectivity index is 1.98. The number of phenolic OH excluding ortho intramolecular Hbond substituents is 1. The topological polar surface area (TPSA) is 35.5 Å². The largest absolute Gasteiger partial charge is 0.506 e. The summed E-state index contributed by atoms with van der Waals surface area (Å²) in [6.07, 6.45) is 6.54. The van der Waals surface area contributed by atoms with Gasteiger partial charge in [0.2, 0.25) is 0 Å². The molecule has 1 atom stereocenters. The number of hydrogen-bond acceptors (Lipinski definition) is 3. The summed E-state index contributed by atoms with van der Waals surface area (Å²) in [6, 6.07) is 4.28. The van der Waals surface area contributed by atoms with Gasteiger partial charge in [-0.3, -0.25) is 4.90 Å². The zero-order chi connectivity index (χ0) is 15.5. The maximum Gasteiger partial charge on any atom is 0.135 e. The Morgan fingerprint density at radius 1 is 1.05 bits per heavy atom. The Morgan fingerprint density at radius 2 is 1.68 bits per heavy atom. The highest BCUT2D eigenvalue weighted by Gasteiger charge is 2.34. The molecule has 0 unspecified atom stereocenters. The summed E-state index contributed by atoms with van der Waals surface area (Å²) in [6.45, 7) is 4.18. The van der Waals surface area contributed by atoms with E-state index in [1.165, 1.54) is 32.1 Å². The molecule has 22 heavy (non-hydrogen) atoms. The summed E-state index contributed by atoms with van der Waals surface area (Å²) in [5, 5.41) is 14.1. The number of hydrogen-bond donors (Lipinski definition) is 2. The van der Waals surface area contributed by atoms with Crippen LogP contribution in [0.5, 0.6) is 5.75 Å². The molecule has 122 valence electrons. The molecular weight excluding hydrogens is 408 g/mol. The van der Waals surface area contributed by atoms with Crippen molar-refractivity contribution in [3.63, 3.8) is 0 Å². The van der Waals surface area contributed by atoms with Crippen LogP contribution in [0.4, 0.5) is 0 Å². The number of benzene rings is 1. The summed E-state index contributed by atoms with van der Waals surface area (Å²) in [7, 11) is 0. The summed E-state index contributed by atoms with van der Waals surface area (Å²) in [5.41, 5.74) is 1.07. The Kier molecular flexibility index (Phi) is 5.82. The number of phenols is 1. The van der Waals surface area contributed by atoms with E-state index < -0.39 is 0 Å². The van der Waals surface area contributed by atoms with E-state index in [0.29, 0.717) is 17.7 Å². The molecule has 0 aromatic heterocycles. The number of rotatable bonds is 3. The lowest BCUT2D eigenvalue weighted by atomic mass is 9.80. The maximum atomic E-state index is 10.7. The van der Waals surface area contributed by atoms with Gasteiger partial charge >= 0.3 is 0 Å². The standard InChI is InChI=1S/C17H24Br2N2O/c18-13-6-7-14(19)17(22)15(13)16(12-4-2-1-3-5-12)21-10-8-20-9-11-21/h6-7,12,16,20,22H,1-5,8-11H2/t16-/m0/s1. The lowest BCUT2D eigenvalue weighted by Crippen LogP contribution is -2.47. The first-order valence-corrected chi connectivity index (χ1v) is 9.88. The predicted molar refractivity (Wildman–Crippen MR) is 97.3 cm³/mol. The van der Waals surface area contributed by atoms with Gasteiger partial charge in [0, 0.05) is 42.3 Å². The molecule has 3 nitrogen and oxygen atoms in total. The van der Waals surface area contributed by atoms with E-state index in [1.54, 1.807) is 0 Å². The number of nitrogens with one attached hydrogen (secondary N) is 1. The van der Waals surface area contributed by atoms with Crippen LogP contribution in [0.2, 0.25) is 0 Å². The lowest BCUT2D eigenvalue weighted by molar-refractivity contribution is 0.101. The van der Waals surface area contributed by atoms with Crippen molar-refractivity contribution in [1.82, 2.24) is 10.2 Å². The molecule has 2 aliphatic rings. The third-order valence-electron chi connectivity index (χ3n) is 5.05. The van der Waals surface area contributed by atoms with Gasteiger partial charge in [-0.1, -0.05) is 35.2 Å². The fraction of sp³-hybridized carbons (Fsp3) is 0.647. The zero-order valence-corrected chi connectivity index (χ0v) is 16.0. The monoisotopic (exact) mass is 430 g/mol. The summed E-state index contributed by atoms with van der Waals surface area (Å²) in [5.74, 6) is 1.05. The van der Waals surface area contributed by atoms with Crippen molar-refractivity contribution in [2.24, 2.45) is 5.92 Å². The summed E-state index contributed by atoms with van der Waals surface area (Å²) >= 11 is 7.19. The fourth-order valence-electron chi connectivity index (χ4n) is 3.96. The molecule has 1 saturated heterocycles. The molecule has 2 N–H and O–H groups in total. The van der Waals surface area contributed by atoms with Gasteiger partial charge in [-0.05, 0) is 46.8 Å². The molecule has 2 fully saturated rings. The molecule has 5 heteroatoms. The molecule has 1 aliphatic heterocycles. The van der Waals surface area contributed by atoms with Gasteiger partial charge in [-0.2, -0.15) is 0 Å². The highest BCUT2D eigenvalue weighted by molar-refractivity contribution is 9.11. The maximum absolute atomic E-state index is 10.7. The van der Waals surface area contributed by atoms with Crippen LogP contribution < -0.4 is 5.32 Å². The second-order valence-electron chi connectivity index (χ2n) is 6.42. The van der Waals surface area contributed by atoms with Crippen LogP contribution >= 0.6 is 31.9 Å². The van der Waals surface area contributed by atoms with Crippen molar-refractivity contribution < 1.29 is 5.11 Å². The average Bonchev–Trinajstić information content (AvgIpc) is 2.57. The molecule has 1 aromatic carbocycles. The first kappa shape index (κ1) is 16.7. The molecule has 1 heterocycles. The molecule has 0 amide bonds. The van der Waals surface area contributed by atoms with Crippen molar-refractivity contribution in [2.45, 2.75) is 38.1 Å². The normalized spacial score (nSPS) is 22.6. The van der Waals surface area contributed by atoms with E-state index in [2.05, 4.69) is 48.1 Å². The predicted octanol–water partition coefficient (Wildman–Crippen LogP) is 4.44. The van der Waals surface area contributed by atoms with Gasteiger partial charge in [0.05, 0.1) is 4.47 Å². The summed E-state index contributed by atoms with van der Waals surface area (Å²) < 4.78 is 1.82. The molecular formula is C17H24Br2N2O. The van der Waals surface area contributed by atoms with Crippen molar-refractivity contribution in [3.05, 3.63) is 26.6 Å². The van der Waals surface area contributed by atoms with Gasteiger partial charge in [0.15, 0.2) is 0 Å². The Morgan fingerprint density at radius 3 is 2.36 bits per heavy atom. The molecule has 0 radical (unpaired) electrons. The number of halogens is 2. The van der Waals surface area contributed by atoms with Gasteiger partial charge < -0.3 is 10.4 Å². The van der Waals surface area contributed by atoms with E-state index >= 15 is 0 Å². The Bertz CT molecular complexity index is 494. The van der Waals surface area contributed by atoms with Gasteiger partial charge in [-0.15, -0.1) is 0 Å².